The number of carbonyl (C=O) groups is 1. The zero-order valence-corrected chi connectivity index (χ0v) is 15.3. The van der Waals surface area contributed by atoms with Crippen molar-refractivity contribution in [1.29, 1.82) is 0 Å². The van der Waals surface area contributed by atoms with E-state index in [4.69, 9.17) is 25.8 Å². The topological polar surface area (TPSA) is 57.7 Å². The SMILES string of the molecule is CCC(=O)Oc1cccc2ccc(/C=C/c3cc4c(cc3Cl)OCO4)nc12. The van der Waals surface area contributed by atoms with Crippen molar-refractivity contribution in [2.24, 2.45) is 0 Å². The summed E-state index contributed by atoms with van der Waals surface area (Å²) in [5.41, 5.74) is 2.16. The van der Waals surface area contributed by atoms with Crippen LogP contribution in [0.3, 0.4) is 0 Å². The summed E-state index contributed by atoms with van der Waals surface area (Å²) < 4.78 is 16.1. The number of pyridine rings is 1. The Morgan fingerprint density at radius 2 is 2.00 bits per heavy atom. The van der Waals surface area contributed by atoms with Crippen LogP contribution in [-0.4, -0.2) is 17.7 Å². The van der Waals surface area contributed by atoms with Gasteiger partial charge in [-0.25, -0.2) is 4.98 Å². The van der Waals surface area contributed by atoms with Crippen molar-refractivity contribution >= 4 is 40.6 Å². The summed E-state index contributed by atoms with van der Waals surface area (Å²) in [7, 11) is 0. The number of carbonyl (C=O) groups excluding carboxylic acids is 1. The van der Waals surface area contributed by atoms with Crippen LogP contribution in [0.4, 0.5) is 0 Å². The first kappa shape index (κ1) is 17.4. The van der Waals surface area contributed by atoms with E-state index in [1.54, 1.807) is 19.1 Å². The Balaban J connectivity index is 1.67. The summed E-state index contributed by atoms with van der Waals surface area (Å²) >= 11 is 6.30. The molecule has 0 unspecified atom stereocenters. The highest BCUT2D eigenvalue weighted by Crippen LogP contribution is 2.37. The molecule has 0 amide bonds. The second-order valence-corrected chi connectivity index (χ2v) is 6.36. The van der Waals surface area contributed by atoms with Crippen molar-refractivity contribution in [2.45, 2.75) is 13.3 Å². The van der Waals surface area contributed by atoms with Crippen molar-refractivity contribution in [3.05, 3.63) is 58.7 Å². The largest absolute Gasteiger partial charge is 0.454 e. The summed E-state index contributed by atoms with van der Waals surface area (Å²) in [4.78, 5) is 16.3. The van der Waals surface area contributed by atoms with Crippen LogP contribution in [0.25, 0.3) is 23.1 Å². The molecule has 6 heteroatoms. The predicted molar refractivity (Wildman–Crippen MR) is 104 cm³/mol. The summed E-state index contributed by atoms with van der Waals surface area (Å²) in [6.07, 6.45) is 4.01. The van der Waals surface area contributed by atoms with E-state index in [0.717, 1.165) is 16.6 Å². The van der Waals surface area contributed by atoms with Gasteiger partial charge in [0.1, 0.15) is 5.52 Å². The predicted octanol–water partition coefficient (Wildman–Crippen LogP) is 5.10. The maximum Gasteiger partial charge on any atom is 0.310 e. The number of aromatic nitrogens is 1. The van der Waals surface area contributed by atoms with Gasteiger partial charge in [-0.15, -0.1) is 0 Å². The third kappa shape index (κ3) is 3.59. The van der Waals surface area contributed by atoms with Gasteiger partial charge in [-0.1, -0.05) is 42.8 Å². The molecule has 4 rings (SSSR count). The molecule has 0 atom stereocenters. The van der Waals surface area contributed by atoms with E-state index in [-0.39, 0.29) is 12.8 Å². The third-order valence-electron chi connectivity index (χ3n) is 4.14. The molecule has 0 N–H and O–H groups in total. The van der Waals surface area contributed by atoms with Crippen LogP contribution in [0.15, 0.2) is 42.5 Å². The molecular formula is C21H16ClNO4. The number of nitrogens with zero attached hydrogens (tertiary/aromatic N) is 1. The van der Waals surface area contributed by atoms with Crippen LogP contribution in [0, 0.1) is 0 Å². The molecule has 1 aromatic heterocycles. The smallest absolute Gasteiger partial charge is 0.310 e. The van der Waals surface area contributed by atoms with Crippen LogP contribution in [0.5, 0.6) is 17.2 Å². The number of rotatable bonds is 4. The Bertz CT molecular complexity index is 1060. The molecule has 136 valence electrons. The van der Waals surface area contributed by atoms with Gasteiger partial charge in [0, 0.05) is 17.9 Å². The van der Waals surface area contributed by atoms with Crippen LogP contribution in [0.2, 0.25) is 5.02 Å². The highest BCUT2D eigenvalue weighted by molar-refractivity contribution is 6.32. The van der Waals surface area contributed by atoms with Gasteiger partial charge in [-0.05, 0) is 29.8 Å². The van der Waals surface area contributed by atoms with Gasteiger partial charge < -0.3 is 14.2 Å². The fraction of sp³-hybridized carbons (Fsp3) is 0.143. The van der Waals surface area contributed by atoms with Gasteiger partial charge in [-0.2, -0.15) is 0 Å². The highest BCUT2D eigenvalue weighted by atomic mass is 35.5. The van der Waals surface area contributed by atoms with E-state index in [9.17, 15) is 4.79 Å². The summed E-state index contributed by atoms with van der Waals surface area (Å²) in [5, 5.41) is 1.46. The van der Waals surface area contributed by atoms with Crippen LogP contribution in [-0.2, 0) is 4.79 Å². The second-order valence-electron chi connectivity index (χ2n) is 5.95. The lowest BCUT2D eigenvalue weighted by atomic mass is 10.1. The van der Waals surface area contributed by atoms with Gasteiger partial charge >= 0.3 is 5.97 Å². The summed E-state index contributed by atoms with van der Waals surface area (Å²) in [6.45, 7) is 1.95. The van der Waals surface area contributed by atoms with Crippen molar-refractivity contribution in [1.82, 2.24) is 4.98 Å². The average Bonchev–Trinajstić information content (AvgIpc) is 3.13. The number of fused-ring (bicyclic) bond motifs is 2. The minimum Gasteiger partial charge on any atom is -0.454 e. The van der Waals surface area contributed by atoms with Crippen molar-refractivity contribution in [3.8, 4) is 17.2 Å². The zero-order valence-electron chi connectivity index (χ0n) is 14.6. The third-order valence-corrected chi connectivity index (χ3v) is 4.47. The maximum absolute atomic E-state index is 11.7. The molecule has 1 aliphatic heterocycles. The summed E-state index contributed by atoms with van der Waals surface area (Å²) in [6, 6.07) is 12.9. The van der Waals surface area contributed by atoms with E-state index in [0.29, 0.717) is 34.2 Å². The fourth-order valence-electron chi connectivity index (χ4n) is 2.74. The number of para-hydroxylation sites is 1. The Hall–Kier alpha value is -3.05. The number of halogens is 1. The van der Waals surface area contributed by atoms with Gasteiger partial charge in [0.05, 0.1) is 10.7 Å². The Morgan fingerprint density at radius 1 is 1.19 bits per heavy atom. The lowest BCUT2D eigenvalue weighted by Crippen LogP contribution is -2.06. The summed E-state index contributed by atoms with van der Waals surface area (Å²) in [5.74, 6) is 1.47. The van der Waals surface area contributed by atoms with Crippen LogP contribution >= 0.6 is 11.6 Å². The fourth-order valence-corrected chi connectivity index (χ4v) is 2.96. The monoisotopic (exact) mass is 381 g/mol. The average molecular weight is 382 g/mol. The van der Waals surface area contributed by atoms with Crippen molar-refractivity contribution in [2.75, 3.05) is 6.79 Å². The number of hydrogen-bond acceptors (Lipinski definition) is 5. The normalized spacial score (nSPS) is 12.7. The van der Waals surface area contributed by atoms with Crippen molar-refractivity contribution in [3.63, 3.8) is 0 Å². The number of ether oxygens (including phenoxy) is 3. The minimum absolute atomic E-state index is 0.199. The molecular weight excluding hydrogens is 366 g/mol. The molecule has 2 aromatic carbocycles. The Morgan fingerprint density at radius 3 is 2.81 bits per heavy atom. The van der Waals surface area contributed by atoms with Crippen molar-refractivity contribution < 1.29 is 19.0 Å². The minimum atomic E-state index is -0.294. The zero-order chi connectivity index (χ0) is 18.8. The molecule has 0 fully saturated rings. The lowest BCUT2D eigenvalue weighted by Gasteiger charge is -2.07. The lowest BCUT2D eigenvalue weighted by molar-refractivity contribution is -0.133. The standard InChI is InChI=1S/C21H16ClNO4/c1-2-20(24)27-17-5-3-4-13-6-8-15(23-21(13)17)9-7-14-10-18-19(11-16(14)22)26-12-25-18/h3-11H,2,12H2,1H3/b9-7+. The van der Waals surface area contributed by atoms with E-state index in [1.807, 2.05) is 42.5 Å². The molecule has 0 spiro atoms. The molecule has 0 saturated heterocycles. The Kier molecular flexibility index (Phi) is 4.69. The first-order valence-corrected chi connectivity index (χ1v) is 8.89. The van der Waals surface area contributed by atoms with E-state index >= 15 is 0 Å². The second kappa shape index (κ2) is 7.29. The first-order chi connectivity index (χ1) is 13.1. The molecule has 5 nitrogen and oxygen atoms in total. The molecule has 27 heavy (non-hydrogen) atoms. The number of hydrogen-bond donors (Lipinski definition) is 0. The van der Waals surface area contributed by atoms with E-state index in [1.165, 1.54) is 0 Å². The molecule has 2 heterocycles. The number of esters is 1. The molecule has 0 bridgehead atoms. The highest BCUT2D eigenvalue weighted by Gasteiger charge is 2.15. The van der Waals surface area contributed by atoms with Gasteiger partial charge in [0.25, 0.3) is 0 Å². The number of benzene rings is 2. The first-order valence-electron chi connectivity index (χ1n) is 8.51. The molecule has 0 radical (unpaired) electrons. The molecule has 0 saturated carbocycles. The van der Waals surface area contributed by atoms with Crippen LogP contribution in [0.1, 0.15) is 24.6 Å². The molecule has 3 aromatic rings. The van der Waals surface area contributed by atoms with Gasteiger partial charge in [-0.3, -0.25) is 4.79 Å². The Labute approximate surface area is 161 Å². The van der Waals surface area contributed by atoms with E-state index in [2.05, 4.69) is 4.98 Å². The molecule has 0 aliphatic carbocycles. The van der Waals surface area contributed by atoms with Gasteiger partial charge in [0.2, 0.25) is 6.79 Å². The van der Waals surface area contributed by atoms with Crippen LogP contribution < -0.4 is 14.2 Å². The molecule has 1 aliphatic rings. The quantitative estimate of drug-likeness (QED) is 0.464. The van der Waals surface area contributed by atoms with Gasteiger partial charge in [0.15, 0.2) is 17.2 Å². The maximum atomic E-state index is 11.7. The van der Waals surface area contributed by atoms with E-state index < -0.39 is 0 Å².